The maximum Gasteiger partial charge on any atom is 0.418 e. The fourth-order valence-corrected chi connectivity index (χ4v) is 3.50. The quantitative estimate of drug-likeness (QED) is 0.733. The third kappa shape index (κ3) is 3.34. The molecule has 2 N–H and O–H groups in total. The van der Waals surface area contributed by atoms with E-state index in [0.29, 0.717) is 29.9 Å². The van der Waals surface area contributed by atoms with Crippen LogP contribution in [-0.4, -0.2) is 45.0 Å². The van der Waals surface area contributed by atoms with Crippen molar-refractivity contribution in [3.63, 3.8) is 0 Å². The topological polar surface area (TPSA) is 77.9 Å². The van der Waals surface area contributed by atoms with Gasteiger partial charge in [-0.3, -0.25) is 5.10 Å². The number of hydrogen-bond acceptors (Lipinski definition) is 5. The number of pyridine rings is 2. The van der Waals surface area contributed by atoms with E-state index < -0.39 is 11.7 Å². The summed E-state index contributed by atoms with van der Waals surface area (Å²) in [7, 11) is 0. The Labute approximate surface area is 153 Å². The maximum absolute atomic E-state index is 13.6. The molecule has 4 rings (SSSR count). The number of nitrogens with zero attached hydrogens (tertiary/aromatic N) is 4. The summed E-state index contributed by atoms with van der Waals surface area (Å²) in [5.74, 6) is 0.561. The van der Waals surface area contributed by atoms with Gasteiger partial charge in [0.25, 0.3) is 0 Å². The Bertz CT molecular complexity index is 956. The van der Waals surface area contributed by atoms with Crippen LogP contribution in [0.1, 0.15) is 18.4 Å². The summed E-state index contributed by atoms with van der Waals surface area (Å²) in [4.78, 5) is 10.3. The summed E-state index contributed by atoms with van der Waals surface area (Å²) in [6, 6.07) is 5.76. The van der Waals surface area contributed by atoms with Crippen LogP contribution in [0.25, 0.3) is 22.4 Å². The van der Waals surface area contributed by atoms with Crippen LogP contribution in [0.5, 0.6) is 0 Å². The smallest absolute Gasteiger partial charge is 0.396 e. The second-order valence-electron chi connectivity index (χ2n) is 6.67. The van der Waals surface area contributed by atoms with Crippen LogP contribution in [0.2, 0.25) is 0 Å². The van der Waals surface area contributed by atoms with Gasteiger partial charge in [-0.2, -0.15) is 18.3 Å². The van der Waals surface area contributed by atoms with E-state index in [2.05, 4.69) is 20.2 Å². The molecular weight excluding hydrogens is 359 g/mol. The van der Waals surface area contributed by atoms with Crippen LogP contribution in [-0.2, 0) is 6.18 Å². The van der Waals surface area contributed by atoms with Crippen molar-refractivity contribution in [2.75, 3.05) is 24.6 Å². The Morgan fingerprint density at radius 3 is 2.89 bits per heavy atom. The van der Waals surface area contributed by atoms with E-state index in [-0.39, 0.29) is 23.9 Å². The summed E-state index contributed by atoms with van der Waals surface area (Å²) in [5, 5.41) is 16.6. The lowest BCUT2D eigenvalue weighted by Crippen LogP contribution is -2.37. The second kappa shape index (κ2) is 6.80. The van der Waals surface area contributed by atoms with Gasteiger partial charge in [0.05, 0.1) is 11.3 Å². The standard InChI is InChI=1S/C18H18F3N5O/c19-18(20,21)13-5-6-14(26-8-2-3-11(9-26)10-27)23-16(13)15-12-4-1-7-22-17(12)25-24-15/h1,4-7,11,27H,2-3,8-10H2,(H,22,24,25)/t11-/m0/s1. The Kier molecular flexibility index (Phi) is 4.47. The zero-order valence-corrected chi connectivity index (χ0v) is 14.4. The highest BCUT2D eigenvalue weighted by atomic mass is 19.4. The third-order valence-corrected chi connectivity index (χ3v) is 4.85. The molecule has 0 radical (unpaired) electrons. The van der Waals surface area contributed by atoms with Gasteiger partial charge in [0.2, 0.25) is 0 Å². The van der Waals surface area contributed by atoms with Gasteiger partial charge in [0.1, 0.15) is 11.5 Å². The van der Waals surface area contributed by atoms with Crippen molar-refractivity contribution in [1.29, 1.82) is 0 Å². The maximum atomic E-state index is 13.6. The molecule has 0 spiro atoms. The lowest BCUT2D eigenvalue weighted by atomic mass is 9.99. The van der Waals surface area contributed by atoms with Crippen LogP contribution < -0.4 is 4.90 Å². The minimum atomic E-state index is -4.55. The molecule has 9 heteroatoms. The first-order valence-electron chi connectivity index (χ1n) is 8.71. The van der Waals surface area contributed by atoms with Crippen molar-refractivity contribution in [2.24, 2.45) is 5.92 Å². The molecule has 1 saturated heterocycles. The van der Waals surface area contributed by atoms with Gasteiger partial charge < -0.3 is 10.0 Å². The molecule has 1 aliphatic heterocycles. The monoisotopic (exact) mass is 377 g/mol. The summed E-state index contributed by atoms with van der Waals surface area (Å²) >= 11 is 0. The number of rotatable bonds is 3. The molecule has 0 saturated carbocycles. The largest absolute Gasteiger partial charge is 0.418 e. The predicted molar refractivity (Wildman–Crippen MR) is 94.1 cm³/mol. The van der Waals surface area contributed by atoms with Gasteiger partial charge in [-0.25, -0.2) is 9.97 Å². The van der Waals surface area contributed by atoms with E-state index >= 15 is 0 Å². The SMILES string of the molecule is OC[C@H]1CCCN(c2ccc(C(F)(F)F)c(-c3[nH]nc4ncccc34)n2)C1. The van der Waals surface area contributed by atoms with Gasteiger partial charge in [0.15, 0.2) is 5.65 Å². The summed E-state index contributed by atoms with van der Waals surface area (Å²) in [6.45, 7) is 1.32. The van der Waals surface area contributed by atoms with Gasteiger partial charge in [-0.05, 0) is 43.0 Å². The zero-order valence-electron chi connectivity index (χ0n) is 14.4. The van der Waals surface area contributed by atoms with Crippen molar-refractivity contribution in [2.45, 2.75) is 19.0 Å². The fraction of sp³-hybridized carbons (Fsp3) is 0.389. The van der Waals surface area contributed by atoms with E-state index in [4.69, 9.17) is 0 Å². The van der Waals surface area contributed by atoms with Gasteiger partial charge in [0, 0.05) is 31.3 Å². The molecule has 27 heavy (non-hydrogen) atoms. The van der Waals surface area contributed by atoms with E-state index in [0.717, 1.165) is 18.9 Å². The fourth-order valence-electron chi connectivity index (χ4n) is 3.50. The van der Waals surface area contributed by atoms with Crippen LogP contribution in [0.15, 0.2) is 30.5 Å². The van der Waals surface area contributed by atoms with Crippen molar-refractivity contribution in [3.8, 4) is 11.4 Å². The van der Waals surface area contributed by atoms with Crippen LogP contribution in [0.3, 0.4) is 0 Å². The van der Waals surface area contributed by atoms with Crippen LogP contribution in [0, 0.1) is 5.92 Å². The molecule has 1 atom stereocenters. The number of aromatic amines is 1. The molecule has 1 aliphatic rings. The highest BCUT2D eigenvalue weighted by Crippen LogP contribution is 2.38. The minimum absolute atomic E-state index is 0.0564. The molecular formula is C18H18F3N5O. The van der Waals surface area contributed by atoms with Crippen molar-refractivity contribution in [1.82, 2.24) is 20.2 Å². The minimum Gasteiger partial charge on any atom is -0.396 e. The normalized spacial score (nSPS) is 18.2. The summed E-state index contributed by atoms with van der Waals surface area (Å²) < 4.78 is 40.8. The number of piperidine rings is 1. The highest BCUT2D eigenvalue weighted by molar-refractivity contribution is 5.90. The Hall–Kier alpha value is -2.68. The predicted octanol–water partition coefficient (Wildman–Crippen LogP) is 3.25. The first-order valence-corrected chi connectivity index (χ1v) is 8.71. The van der Waals surface area contributed by atoms with Crippen LogP contribution >= 0.6 is 0 Å². The highest BCUT2D eigenvalue weighted by Gasteiger charge is 2.36. The van der Waals surface area contributed by atoms with Crippen LogP contribution in [0.4, 0.5) is 19.0 Å². The van der Waals surface area contributed by atoms with E-state index in [1.165, 1.54) is 12.3 Å². The second-order valence-corrected chi connectivity index (χ2v) is 6.67. The molecule has 0 bridgehead atoms. The molecule has 1 fully saturated rings. The number of alkyl halides is 3. The molecule has 0 unspecified atom stereocenters. The summed E-state index contributed by atoms with van der Waals surface area (Å²) in [6.07, 6.45) is -1.25. The Morgan fingerprint density at radius 2 is 2.11 bits per heavy atom. The van der Waals surface area contributed by atoms with E-state index in [9.17, 15) is 18.3 Å². The van der Waals surface area contributed by atoms with Gasteiger partial charge in [-0.15, -0.1) is 0 Å². The molecule has 3 aromatic heterocycles. The number of hydrogen-bond donors (Lipinski definition) is 2. The van der Waals surface area contributed by atoms with Crippen molar-refractivity contribution in [3.05, 3.63) is 36.0 Å². The Balaban J connectivity index is 1.83. The number of anilines is 1. The number of aromatic nitrogens is 4. The first kappa shape index (κ1) is 17.7. The average molecular weight is 377 g/mol. The van der Waals surface area contributed by atoms with E-state index in [1.807, 2.05) is 4.90 Å². The molecule has 0 aromatic carbocycles. The lowest BCUT2D eigenvalue weighted by molar-refractivity contribution is -0.137. The first-order chi connectivity index (χ1) is 13.0. The molecule has 0 aliphatic carbocycles. The number of H-pyrrole nitrogens is 1. The zero-order chi connectivity index (χ0) is 19.0. The molecule has 3 aromatic rings. The van der Waals surface area contributed by atoms with Gasteiger partial charge in [-0.1, -0.05) is 0 Å². The van der Waals surface area contributed by atoms with E-state index in [1.54, 1.807) is 12.1 Å². The molecule has 0 amide bonds. The number of aliphatic hydroxyl groups excluding tert-OH is 1. The number of halogens is 3. The number of nitrogens with one attached hydrogen (secondary N) is 1. The third-order valence-electron chi connectivity index (χ3n) is 4.85. The van der Waals surface area contributed by atoms with Crippen molar-refractivity contribution >= 4 is 16.9 Å². The lowest BCUT2D eigenvalue weighted by Gasteiger charge is -2.33. The average Bonchev–Trinajstić information content (AvgIpc) is 3.11. The summed E-state index contributed by atoms with van der Waals surface area (Å²) in [5.41, 5.74) is -0.480. The number of fused-ring (bicyclic) bond motifs is 1. The number of aliphatic hydroxyl groups is 1. The Morgan fingerprint density at radius 1 is 1.26 bits per heavy atom. The molecule has 4 heterocycles. The molecule has 6 nitrogen and oxygen atoms in total. The molecule has 142 valence electrons. The van der Waals surface area contributed by atoms with Crippen molar-refractivity contribution < 1.29 is 18.3 Å². The van der Waals surface area contributed by atoms with Gasteiger partial charge >= 0.3 is 6.18 Å².